The average molecular weight is 997 g/mol. The van der Waals surface area contributed by atoms with E-state index in [0.29, 0.717) is 5.69 Å². The van der Waals surface area contributed by atoms with Gasteiger partial charge in [0.15, 0.2) is 0 Å². The highest BCUT2D eigenvalue weighted by Gasteiger charge is 2.34. The van der Waals surface area contributed by atoms with Crippen LogP contribution in [0.5, 0.6) is 0 Å². The van der Waals surface area contributed by atoms with Crippen LogP contribution in [0.4, 0.5) is 47.3 Å². The highest BCUT2D eigenvalue weighted by Crippen LogP contribution is 2.54. The summed E-state index contributed by atoms with van der Waals surface area (Å²) in [6, 6.07) is 78.2. The van der Waals surface area contributed by atoms with Gasteiger partial charge in [-0.15, -0.1) is 0 Å². The maximum Gasteiger partial charge on any atom is 0.416 e. The molecule has 0 heterocycles. The van der Waals surface area contributed by atoms with Gasteiger partial charge < -0.3 is 9.80 Å². The van der Waals surface area contributed by atoms with Gasteiger partial charge in [-0.25, -0.2) is 0 Å². The number of benzene rings is 11. The first-order chi connectivity index (χ1) is 36.5. The maximum atomic E-state index is 14.2. The first-order valence-corrected chi connectivity index (χ1v) is 26.3. The highest BCUT2D eigenvalue weighted by molar-refractivity contribution is 6.26. The molecule has 12 rings (SSSR count). The molecule has 0 amide bonds. The van der Waals surface area contributed by atoms with Crippen LogP contribution in [0.25, 0.3) is 54.6 Å². The molecule has 0 aliphatic heterocycles. The van der Waals surface area contributed by atoms with Crippen molar-refractivity contribution >= 4 is 66.4 Å². The van der Waals surface area contributed by atoms with Gasteiger partial charge >= 0.3 is 6.18 Å². The standard InChI is InChI=1S/C71H59F3N2/c1-45-20-30-50(31-21-45)75(52-34-24-47(25-35-52)69(2,3)4)51-32-22-46(23-33-51)56-41-40-55(76(53-36-26-48(27-37-53)70(5,6)7)54-38-28-49(29-39-54)71(72,73)74)42-66(56)68-62-19-13-12-18-61(62)65-43-63-59-16-10-8-14-57(59)58-15-9-11-17-60(58)64(63)44-67(65)68/h8-44,68H,1-7H3. The topological polar surface area (TPSA) is 6.48 Å². The van der Waals surface area contributed by atoms with Gasteiger partial charge in [0.05, 0.1) is 5.56 Å². The van der Waals surface area contributed by atoms with E-state index < -0.39 is 11.7 Å². The minimum absolute atomic E-state index is 0.0173. The van der Waals surface area contributed by atoms with Crippen LogP contribution in [0.3, 0.4) is 0 Å². The third-order valence-electron chi connectivity index (χ3n) is 15.6. The van der Waals surface area contributed by atoms with Crippen LogP contribution in [0, 0.1) is 6.92 Å². The van der Waals surface area contributed by atoms with E-state index in [0.717, 1.165) is 50.7 Å². The van der Waals surface area contributed by atoms with Gasteiger partial charge in [-0.3, -0.25) is 0 Å². The van der Waals surface area contributed by atoms with Crippen molar-refractivity contribution in [3.05, 3.63) is 263 Å². The molecule has 374 valence electrons. The molecule has 5 heteroatoms. The molecule has 1 aliphatic carbocycles. The Hall–Kier alpha value is -8.41. The third kappa shape index (κ3) is 8.68. The molecule has 0 saturated heterocycles. The van der Waals surface area contributed by atoms with Gasteiger partial charge in [-0.1, -0.05) is 174 Å². The smallest absolute Gasteiger partial charge is 0.311 e. The number of alkyl halides is 3. The van der Waals surface area contributed by atoms with Crippen molar-refractivity contribution in [2.75, 3.05) is 9.80 Å². The van der Waals surface area contributed by atoms with Crippen molar-refractivity contribution < 1.29 is 13.2 Å². The van der Waals surface area contributed by atoms with E-state index in [1.54, 1.807) is 12.1 Å². The van der Waals surface area contributed by atoms with Crippen LogP contribution in [-0.2, 0) is 17.0 Å². The first-order valence-electron chi connectivity index (χ1n) is 26.3. The van der Waals surface area contributed by atoms with E-state index in [9.17, 15) is 13.2 Å². The Morgan fingerprint density at radius 1 is 0.316 bits per heavy atom. The molecule has 0 fully saturated rings. The Labute approximate surface area is 444 Å². The second-order valence-corrected chi connectivity index (χ2v) is 22.6. The van der Waals surface area contributed by atoms with Crippen molar-refractivity contribution in [3.8, 4) is 22.3 Å². The Morgan fingerprint density at radius 2 is 0.697 bits per heavy atom. The van der Waals surface area contributed by atoms with Crippen molar-refractivity contribution in [2.24, 2.45) is 0 Å². The summed E-state index contributed by atoms with van der Waals surface area (Å²) in [7, 11) is 0. The van der Waals surface area contributed by atoms with Crippen molar-refractivity contribution in [1.29, 1.82) is 0 Å². The summed E-state index contributed by atoms with van der Waals surface area (Å²) in [4.78, 5) is 4.41. The van der Waals surface area contributed by atoms with Crippen molar-refractivity contribution in [1.82, 2.24) is 0 Å². The molecule has 0 N–H and O–H groups in total. The maximum absolute atomic E-state index is 14.2. The van der Waals surface area contributed by atoms with Gasteiger partial charge in [0.1, 0.15) is 0 Å². The van der Waals surface area contributed by atoms with Crippen LogP contribution in [0.15, 0.2) is 224 Å². The number of fused-ring (bicyclic) bond motifs is 9. The lowest BCUT2D eigenvalue weighted by atomic mass is 9.82. The molecule has 11 aromatic rings. The predicted molar refractivity (Wildman–Crippen MR) is 314 cm³/mol. The van der Waals surface area contributed by atoms with Crippen LogP contribution in [0.2, 0.25) is 0 Å². The summed E-state index contributed by atoms with van der Waals surface area (Å²) in [6.45, 7) is 15.4. The number of hydrogen-bond donors (Lipinski definition) is 0. The third-order valence-corrected chi connectivity index (χ3v) is 15.6. The molecule has 0 saturated carbocycles. The van der Waals surface area contributed by atoms with Crippen molar-refractivity contribution in [3.63, 3.8) is 0 Å². The van der Waals surface area contributed by atoms with Gasteiger partial charge in [0.2, 0.25) is 0 Å². The average Bonchev–Trinajstić information content (AvgIpc) is 4.00. The largest absolute Gasteiger partial charge is 0.416 e. The molecule has 1 atom stereocenters. The Morgan fingerprint density at radius 3 is 1.18 bits per heavy atom. The summed E-state index contributed by atoms with van der Waals surface area (Å²) in [6.07, 6.45) is -4.47. The van der Waals surface area contributed by atoms with Crippen LogP contribution >= 0.6 is 0 Å². The second kappa shape index (κ2) is 18.5. The number of halogens is 3. The number of anilines is 6. The molecule has 2 nitrogen and oxygen atoms in total. The number of aryl methyl sites for hydroxylation is 1. The zero-order valence-electron chi connectivity index (χ0n) is 44.0. The number of rotatable bonds is 8. The molecule has 0 spiro atoms. The molecule has 76 heavy (non-hydrogen) atoms. The highest BCUT2D eigenvalue weighted by atomic mass is 19.4. The normalized spacial score (nSPS) is 13.5. The molecule has 1 unspecified atom stereocenters. The monoisotopic (exact) mass is 996 g/mol. The molecule has 1 aliphatic rings. The van der Waals surface area contributed by atoms with E-state index in [2.05, 4.69) is 258 Å². The van der Waals surface area contributed by atoms with E-state index >= 15 is 0 Å². The lowest BCUT2D eigenvalue weighted by Gasteiger charge is -2.29. The summed E-state index contributed by atoms with van der Waals surface area (Å²) >= 11 is 0. The minimum atomic E-state index is -4.47. The fraction of sp³-hybridized carbons (Fsp3) is 0.155. The quantitative estimate of drug-likeness (QED) is 0.140. The Bertz CT molecular complexity index is 3910. The fourth-order valence-corrected chi connectivity index (χ4v) is 11.5. The SMILES string of the molecule is Cc1ccc(N(c2ccc(-c3ccc(N(c4ccc(C(C)(C)C)cc4)c4ccc(C(F)(F)F)cc4)cc3C3c4ccccc4-c4cc5c6ccccc6c6ccccc6c5cc43)cc2)c2ccc(C(C)(C)C)cc2)cc1. The molecule has 0 bridgehead atoms. The molecule has 0 aromatic heterocycles. The Kier molecular flexibility index (Phi) is 11.8. The van der Waals surface area contributed by atoms with E-state index in [4.69, 9.17) is 0 Å². The lowest BCUT2D eigenvalue weighted by molar-refractivity contribution is -0.137. The summed E-state index contributed by atoms with van der Waals surface area (Å²) in [5.74, 6) is -0.196. The second-order valence-electron chi connectivity index (χ2n) is 22.6. The van der Waals surface area contributed by atoms with E-state index in [1.165, 1.54) is 77.8 Å². The van der Waals surface area contributed by atoms with Crippen molar-refractivity contribution in [2.45, 2.75) is 71.4 Å². The summed E-state index contributed by atoms with van der Waals surface area (Å²) < 4.78 is 42.5. The minimum Gasteiger partial charge on any atom is -0.311 e. The Balaban J connectivity index is 1.08. The molecular formula is C71H59F3N2. The molecule has 11 aromatic carbocycles. The zero-order chi connectivity index (χ0) is 52.7. The van der Waals surface area contributed by atoms with Gasteiger partial charge in [0.25, 0.3) is 0 Å². The number of nitrogens with zero attached hydrogens (tertiary/aromatic N) is 2. The molecular weight excluding hydrogens is 938 g/mol. The first kappa shape index (κ1) is 48.5. The van der Waals surface area contributed by atoms with Crippen LogP contribution in [-0.4, -0.2) is 0 Å². The van der Waals surface area contributed by atoms with Crippen LogP contribution in [0.1, 0.15) is 86.4 Å². The summed E-state index contributed by atoms with van der Waals surface area (Å²) in [5.41, 5.74) is 16.4. The summed E-state index contributed by atoms with van der Waals surface area (Å²) in [5, 5.41) is 7.29. The van der Waals surface area contributed by atoms with Gasteiger partial charge in [-0.2, -0.15) is 13.2 Å². The van der Waals surface area contributed by atoms with E-state index in [1.807, 2.05) is 0 Å². The van der Waals surface area contributed by atoms with E-state index in [-0.39, 0.29) is 16.7 Å². The molecule has 0 radical (unpaired) electrons. The lowest BCUT2D eigenvalue weighted by Crippen LogP contribution is -2.14. The zero-order valence-corrected chi connectivity index (χ0v) is 44.0. The van der Waals surface area contributed by atoms with Crippen LogP contribution < -0.4 is 9.80 Å². The fourth-order valence-electron chi connectivity index (χ4n) is 11.5. The van der Waals surface area contributed by atoms with Gasteiger partial charge in [-0.05, 0) is 197 Å². The number of hydrogen-bond acceptors (Lipinski definition) is 2. The predicted octanol–water partition coefficient (Wildman–Crippen LogP) is 20.8. The van der Waals surface area contributed by atoms with Gasteiger partial charge in [0, 0.05) is 40.0 Å².